The van der Waals surface area contributed by atoms with Crippen molar-refractivity contribution in [3.8, 4) is 0 Å². The van der Waals surface area contributed by atoms with E-state index in [-0.39, 0.29) is 5.91 Å². The van der Waals surface area contributed by atoms with Crippen LogP contribution in [0.2, 0.25) is 0 Å². The number of hydrogen-bond donors (Lipinski definition) is 2. The van der Waals surface area contributed by atoms with Crippen LogP contribution in [0, 0.1) is 0 Å². The van der Waals surface area contributed by atoms with Gasteiger partial charge in [-0.2, -0.15) is 0 Å². The van der Waals surface area contributed by atoms with Gasteiger partial charge in [-0.1, -0.05) is 4.49 Å². The zero-order valence-electron chi connectivity index (χ0n) is 11.0. The van der Waals surface area contributed by atoms with Crippen LogP contribution in [0.5, 0.6) is 0 Å². The number of aromatic nitrogens is 2. The van der Waals surface area contributed by atoms with Crippen LogP contribution in [0.4, 0.5) is 5.00 Å². The first-order valence-electron chi connectivity index (χ1n) is 6.14. The summed E-state index contributed by atoms with van der Waals surface area (Å²) >= 11 is 1.36. The topological polar surface area (TPSA) is 70.2 Å². The number of nitrogens with zero attached hydrogens (tertiary/aromatic N) is 3. The van der Waals surface area contributed by atoms with Crippen molar-refractivity contribution in [3.05, 3.63) is 5.69 Å². The summed E-state index contributed by atoms with van der Waals surface area (Å²) in [6.07, 6.45) is 0. The average Bonchev–Trinajstić information content (AvgIpc) is 2.74. The van der Waals surface area contributed by atoms with Gasteiger partial charge in [-0.25, -0.2) is 0 Å². The third-order valence-electron chi connectivity index (χ3n) is 3.25. The fraction of sp³-hybridized carbons (Fsp3) is 0.727. The fourth-order valence-corrected chi connectivity index (χ4v) is 2.65. The van der Waals surface area contributed by atoms with E-state index in [2.05, 4.69) is 25.1 Å². The van der Waals surface area contributed by atoms with E-state index >= 15 is 0 Å². The zero-order valence-corrected chi connectivity index (χ0v) is 11.8. The lowest BCUT2D eigenvalue weighted by atomic mass is 9.99. The lowest BCUT2D eigenvalue weighted by Crippen LogP contribution is -2.61. The Morgan fingerprint density at radius 2 is 2.33 bits per heavy atom. The first-order valence-corrected chi connectivity index (χ1v) is 6.91. The maximum atomic E-state index is 11.9. The molecular formula is C11H19N5OS. The number of hydrogen-bond acceptors (Lipinski definition) is 6. The van der Waals surface area contributed by atoms with Crippen LogP contribution in [0.25, 0.3) is 0 Å². The largest absolute Gasteiger partial charge is 0.374 e. The van der Waals surface area contributed by atoms with Crippen LogP contribution in [-0.2, 0) is 11.3 Å². The van der Waals surface area contributed by atoms with Gasteiger partial charge in [-0.15, -0.1) is 5.10 Å². The molecule has 0 unspecified atom stereocenters. The molecule has 0 radical (unpaired) electrons. The molecule has 18 heavy (non-hydrogen) atoms. The van der Waals surface area contributed by atoms with Crippen molar-refractivity contribution in [3.63, 3.8) is 0 Å². The maximum Gasteiger partial charge on any atom is 0.240 e. The van der Waals surface area contributed by atoms with Crippen LogP contribution < -0.4 is 10.6 Å². The highest BCUT2D eigenvalue weighted by atomic mass is 32.1. The summed E-state index contributed by atoms with van der Waals surface area (Å²) in [4.78, 5) is 14.0. The molecule has 7 heteroatoms. The molecule has 2 N–H and O–H groups in total. The lowest BCUT2D eigenvalue weighted by Gasteiger charge is -2.40. The van der Waals surface area contributed by atoms with Crippen molar-refractivity contribution in [2.24, 2.45) is 0 Å². The molecule has 1 aliphatic rings. The first kappa shape index (κ1) is 13.2. The van der Waals surface area contributed by atoms with Crippen molar-refractivity contribution in [1.29, 1.82) is 0 Å². The van der Waals surface area contributed by atoms with Crippen molar-refractivity contribution < 1.29 is 4.79 Å². The van der Waals surface area contributed by atoms with Crippen molar-refractivity contribution in [2.45, 2.75) is 32.9 Å². The Balaban J connectivity index is 2.12. The lowest BCUT2D eigenvalue weighted by molar-refractivity contribution is -0.135. The molecule has 1 saturated heterocycles. The molecule has 0 aliphatic carbocycles. The second-order valence-electron chi connectivity index (χ2n) is 4.82. The summed E-state index contributed by atoms with van der Waals surface area (Å²) in [6, 6.07) is 0. The van der Waals surface area contributed by atoms with Gasteiger partial charge in [0.25, 0.3) is 0 Å². The smallest absolute Gasteiger partial charge is 0.240 e. The average molecular weight is 269 g/mol. The van der Waals surface area contributed by atoms with Crippen LogP contribution in [-0.4, -0.2) is 45.6 Å². The number of carbonyl (C=O) groups excluding carboxylic acids is 1. The Hall–Kier alpha value is -1.21. The molecule has 0 atom stereocenters. The Labute approximate surface area is 111 Å². The van der Waals surface area contributed by atoms with Gasteiger partial charge >= 0.3 is 0 Å². The number of nitrogens with one attached hydrogen (secondary N) is 2. The summed E-state index contributed by atoms with van der Waals surface area (Å²) in [5, 5.41) is 11.3. The second kappa shape index (κ2) is 5.19. The normalized spacial score (nSPS) is 19.6. The molecular weight excluding hydrogens is 250 g/mol. The number of carbonyl (C=O) groups is 1. The number of amides is 1. The predicted octanol–water partition coefficient (Wildman–Crippen LogP) is 0.680. The highest BCUT2D eigenvalue weighted by Gasteiger charge is 2.38. The summed E-state index contributed by atoms with van der Waals surface area (Å²) in [5.41, 5.74) is 0.426. The van der Waals surface area contributed by atoms with Crippen LogP contribution >= 0.6 is 11.5 Å². The predicted molar refractivity (Wildman–Crippen MR) is 71.6 cm³/mol. The number of anilines is 1. The number of piperazine rings is 1. The van der Waals surface area contributed by atoms with Crippen molar-refractivity contribution >= 4 is 22.4 Å². The number of rotatable bonds is 4. The quantitative estimate of drug-likeness (QED) is 0.841. The van der Waals surface area contributed by atoms with Gasteiger partial charge in [0.1, 0.15) is 10.7 Å². The van der Waals surface area contributed by atoms with Crippen LogP contribution in [0.1, 0.15) is 26.5 Å². The fourth-order valence-electron chi connectivity index (χ4n) is 2.01. The summed E-state index contributed by atoms with van der Waals surface area (Å²) in [5.74, 6) is 0.0712. The molecule has 0 saturated carbocycles. The molecule has 1 aromatic rings. The van der Waals surface area contributed by atoms with E-state index in [4.69, 9.17) is 0 Å². The van der Waals surface area contributed by atoms with E-state index in [0.717, 1.165) is 23.8 Å². The molecule has 1 fully saturated rings. The zero-order chi connectivity index (χ0) is 13.2. The first-order chi connectivity index (χ1) is 8.55. The minimum Gasteiger partial charge on any atom is -0.374 e. The molecule has 2 heterocycles. The Morgan fingerprint density at radius 1 is 1.56 bits per heavy atom. The maximum absolute atomic E-state index is 11.9. The van der Waals surface area contributed by atoms with E-state index < -0.39 is 5.54 Å². The minimum atomic E-state index is -0.495. The summed E-state index contributed by atoms with van der Waals surface area (Å²) in [6.45, 7) is 8.95. The van der Waals surface area contributed by atoms with Crippen molar-refractivity contribution in [1.82, 2.24) is 19.8 Å². The van der Waals surface area contributed by atoms with Gasteiger partial charge in [0.2, 0.25) is 5.91 Å². The molecule has 100 valence electrons. The molecule has 0 bridgehead atoms. The Bertz CT molecular complexity index is 431. The van der Waals surface area contributed by atoms with Gasteiger partial charge in [-0.05, 0) is 20.8 Å². The van der Waals surface area contributed by atoms with E-state index in [0.29, 0.717) is 13.1 Å². The van der Waals surface area contributed by atoms with Gasteiger partial charge in [-0.3, -0.25) is 9.69 Å². The third-order valence-corrected chi connectivity index (χ3v) is 3.97. The summed E-state index contributed by atoms with van der Waals surface area (Å²) in [7, 11) is 0. The Morgan fingerprint density at radius 3 is 3.06 bits per heavy atom. The third kappa shape index (κ3) is 2.46. The Kier molecular flexibility index (Phi) is 3.82. The monoisotopic (exact) mass is 269 g/mol. The van der Waals surface area contributed by atoms with E-state index in [1.54, 1.807) is 0 Å². The van der Waals surface area contributed by atoms with Gasteiger partial charge in [0.15, 0.2) is 0 Å². The van der Waals surface area contributed by atoms with Crippen molar-refractivity contribution in [2.75, 3.05) is 25.0 Å². The molecule has 2 rings (SSSR count). The molecule has 1 aliphatic heterocycles. The molecule has 0 spiro atoms. The van der Waals surface area contributed by atoms with Gasteiger partial charge < -0.3 is 10.6 Å². The second-order valence-corrected chi connectivity index (χ2v) is 5.57. The van der Waals surface area contributed by atoms with Gasteiger partial charge in [0.05, 0.1) is 5.54 Å². The highest BCUT2D eigenvalue weighted by Crippen LogP contribution is 2.24. The molecule has 0 aromatic carbocycles. The van der Waals surface area contributed by atoms with E-state index in [9.17, 15) is 4.79 Å². The van der Waals surface area contributed by atoms with Gasteiger partial charge in [0, 0.05) is 37.7 Å². The minimum absolute atomic E-state index is 0.0712. The highest BCUT2D eigenvalue weighted by molar-refractivity contribution is 7.10. The molecule has 6 nitrogen and oxygen atoms in total. The molecule has 1 aromatic heterocycles. The standard InChI is InChI=1S/C11H19N5OS/c1-4-12-9-8(14-15-18-9)7-16-6-5-13-10(17)11(16,2)3/h12H,4-7H2,1-3H3,(H,13,17). The SMILES string of the molecule is CCNc1snnc1CN1CCNC(=O)C1(C)C. The van der Waals surface area contributed by atoms with E-state index in [1.807, 2.05) is 20.8 Å². The van der Waals surface area contributed by atoms with E-state index in [1.165, 1.54) is 11.5 Å². The van der Waals surface area contributed by atoms with Crippen LogP contribution in [0.15, 0.2) is 0 Å². The summed E-state index contributed by atoms with van der Waals surface area (Å²) < 4.78 is 3.97. The van der Waals surface area contributed by atoms with Crippen LogP contribution in [0.3, 0.4) is 0 Å². The molecule has 1 amide bonds.